The van der Waals surface area contributed by atoms with Gasteiger partial charge in [-0.05, 0) is 70.0 Å². The van der Waals surface area contributed by atoms with Crippen LogP contribution in [0.1, 0.15) is 5.56 Å². The lowest BCUT2D eigenvalue weighted by Crippen LogP contribution is -2.25. The highest BCUT2D eigenvalue weighted by atomic mass is 79.9. The highest BCUT2D eigenvalue weighted by Crippen LogP contribution is 2.38. The van der Waals surface area contributed by atoms with Crippen molar-refractivity contribution in [3.63, 3.8) is 0 Å². The smallest absolute Gasteiger partial charge is 0.339 e. The van der Waals surface area contributed by atoms with Crippen molar-refractivity contribution in [3.05, 3.63) is 115 Å². The summed E-state index contributed by atoms with van der Waals surface area (Å²) in [6.45, 7) is -0.112. The van der Waals surface area contributed by atoms with Crippen LogP contribution in [0.25, 0.3) is 21.8 Å². The molecule has 43 heavy (non-hydrogen) atoms. The molecule has 0 unspecified atom stereocenters. The topological polar surface area (TPSA) is 159 Å². The van der Waals surface area contributed by atoms with E-state index in [4.69, 9.17) is 8.92 Å². The minimum Gasteiger partial charge on any atom is -0.493 e. The molecule has 4 aromatic carbocycles. The molecule has 12 nitrogen and oxygen atoms in total. The molecule has 5 aromatic rings. The predicted molar refractivity (Wildman–Crippen MR) is 163 cm³/mol. The number of amides is 1. The molecule has 0 aliphatic carbocycles. The van der Waals surface area contributed by atoms with Crippen molar-refractivity contribution in [2.24, 2.45) is 5.10 Å². The van der Waals surface area contributed by atoms with Gasteiger partial charge in [-0.2, -0.15) is 13.5 Å². The second-order valence-electron chi connectivity index (χ2n) is 9.07. The molecule has 1 N–H and O–H groups in total. The van der Waals surface area contributed by atoms with Crippen molar-refractivity contribution in [3.8, 4) is 11.5 Å². The number of methoxy groups -OCH3 is 1. The van der Waals surface area contributed by atoms with E-state index in [0.717, 1.165) is 24.3 Å². The van der Waals surface area contributed by atoms with Gasteiger partial charge >= 0.3 is 10.1 Å². The summed E-state index contributed by atoms with van der Waals surface area (Å²) in [5.74, 6) is -0.562. The third-order valence-electron chi connectivity index (χ3n) is 6.36. The number of aromatic nitrogens is 1. The van der Waals surface area contributed by atoms with Crippen LogP contribution in [-0.4, -0.2) is 37.1 Å². The summed E-state index contributed by atoms with van der Waals surface area (Å²) in [6.07, 6.45) is 1.33. The first-order valence-electron chi connectivity index (χ1n) is 12.5. The van der Waals surface area contributed by atoms with Crippen molar-refractivity contribution in [2.75, 3.05) is 7.11 Å². The molecule has 1 heterocycles. The number of nitro groups is 1. The first-order valence-corrected chi connectivity index (χ1v) is 14.7. The van der Waals surface area contributed by atoms with Gasteiger partial charge in [-0.15, -0.1) is 0 Å². The molecule has 0 aliphatic heterocycles. The van der Waals surface area contributed by atoms with Gasteiger partial charge < -0.3 is 13.5 Å². The van der Waals surface area contributed by atoms with E-state index in [1.165, 1.54) is 25.5 Å². The second-order valence-corrected chi connectivity index (χ2v) is 11.5. The van der Waals surface area contributed by atoms with Gasteiger partial charge in [0.25, 0.3) is 11.6 Å². The fourth-order valence-corrected chi connectivity index (χ4v) is 6.00. The average Bonchev–Trinajstić information content (AvgIpc) is 3.00. The third kappa shape index (κ3) is 6.10. The molecule has 0 bridgehead atoms. The van der Waals surface area contributed by atoms with E-state index >= 15 is 0 Å². The molecule has 218 valence electrons. The number of para-hydroxylation sites is 2. The molecule has 1 aromatic heterocycles. The number of hydrogen-bond donors (Lipinski definition) is 1. The molecule has 0 saturated heterocycles. The monoisotopic (exact) mass is 664 g/mol. The van der Waals surface area contributed by atoms with Crippen LogP contribution in [0, 0.1) is 10.1 Å². The summed E-state index contributed by atoms with van der Waals surface area (Å²) in [5, 5.41) is 15.9. The van der Waals surface area contributed by atoms with E-state index in [0.29, 0.717) is 27.4 Å². The molecule has 0 spiro atoms. The Labute approximate surface area is 252 Å². The first kappa shape index (κ1) is 29.4. The van der Waals surface area contributed by atoms with E-state index < -0.39 is 20.9 Å². The summed E-state index contributed by atoms with van der Waals surface area (Å²) in [6, 6.07) is 21.3. The molecule has 14 heteroatoms. The highest BCUT2D eigenvalue weighted by Gasteiger charge is 2.23. The van der Waals surface area contributed by atoms with Crippen LogP contribution in [0.4, 0.5) is 5.69 Å². The molecule has 0 aliphatic rings. The highest BCUT2D eigenvalue weighted by molar-refractivity contribution is 9.10. The molecule has 0 atom stereocenters. The van der Waals surface area contributed by atoms with Gasteiger partial charge in [0, 0.05) is 22.9 Å². The zero-order valence-electron chi connectivity index (χ0n) is 22.3. The van der Waals surface area contributed by atoms with Gasteiger partial charge in [0.05, 0.1) is 33.8 Å². The Bertz CT molecular complexity index is 2030. The van der Waals surface area contributed by atoms with E-state index in [9.17, 15) is 28.1 Å². The number of hydrogen-bond acceptors (Lipinski definition) is 9. The number of rotatable bonds is 9. The summed E-state index contributed by atoms with van der Waals surface area (Å²) >= 11 is 3.27. The van der Waals surface area contributed by atoms with E-state index in [-0.39, 0.29) is 38.5 Å². The summed E-state index contributed by atoms with van der Waals surface area (Å²) in [4.78, 5) is 35.7. The quantitative estimate of drug-likeness (QED) is 0.0777. The number of nitrogens with zero attached hydrogens (tertiary/aromatic N) is 3. The minimum atomic E-state index is -4.36. The number of pyridine rings is 1. The molecule has 5 rings (SSSR count). The SMILES string of the molecule is COc1cc(/C=N\NC(=O)Cn2c3ccccc3c(=O)c3ccccc32)cc(Br)c1OS(=O)(=O)c1ccc([N+](=O)[O-])cc1. The first-order chi connectivity index (χ1) is 20.6. The number of hydrazone groups is 1. The van der Waals surface area contributed by atoms with Crippen molar-refractivity contribution >= 4 is 65.7 Å². The molecule has 1 amide bonds. The maximum absolute atomic E-state index is 12.9. The van der Waals surface area contributed by atoms with E-state index in [1.807, 2.05) is 0 Å². The maximum Gasteiger partial charge on any atom is 0.339 e. The van der Waals surface area contributed by atoms with Gasteiger partial charge in [-0.25, -0.2) is 5.43 Å². The number of benzene rings is 4. The summed E-state index contributed by atoms with van der Waals surface area (Å²) in [7, 11) is -3.05. The van der Waals surface area contributed by atoms with Gasteiger partial charge in [-0.3, -0.25) is 19.7 Å². The molecular formula is C29H21BrN4O8S. The lowest BCUT2D eigenvalue weighted by molar-refractivity contribution is -0.384. The maximum atomic E-state index is 12.9. The Morgan fingerprint density at radius 1 is 1.02 bits per heavy atom. The third-order valence-corrected chi connectivity index (χ3v) is 8.19. The van der Waals surface area contributed by atoms with Crippen LogP contribution in [0.2, 0.25) is 0 Å². The van der Waals surface area contributed by atoms with Crippen LogP contribution in [0.5, 0.6) is 11.5 Å². The molecule has 0 fully saturated rings. The largest absolute Gasteiger partial charge is 0.493 e. The molecular weight excluding hydrogens is 644 g/mol. The Kier molecular flexibility index (Phi) is 8.23. The zero-order chi connectivity index (χ0) is 30.7. The number of non-ortho nitro benzene ring substituents is 1. The Morgan fingerprint density at radius 2 is 1.63 bits per heavy atom. The van der Waals surface area contributed by atoms with E-state index in [2.05, 4.69) is 26.5 Å². The number of fused-ring (bicyclic) bond motifs is 2. The number of halogens is 1. The average molecular weight is 665 g/mol. The lowest BCUT2D eigenvalue weighted by Gasteiger charge is -2.14. The summed E-state index contributed by atoms with van der Waals surface area (Å²) < 4.78 is 38.1. The molecule has 0 saturated carbocycles. The number of nitrogens with one attached hydrogen (secondary N) is 1. The number of carbonyl (C=O) groups is 1. The van der Waals surface area contributed by atoms with Crippen molar-refractivity contribution in [2.45, 2.75) is 11.4 Å². The van der Waals surface area contributed by atoms with E-state index in [1.54, 1.807) is 53.1 Å². The number of ether oxygens (including phenoxy) is 1. The van der Waals surface area contributed by atoms with Crippen LogP contribution in [0.3, 0.4) is 0 Å². The van der Waals surface area contributed by atoms with Crippen molar-refractivity contribution in [1.82, 2.24) is 9.99 Å². The fourth-order valence-electron chi connectivity index (χ4n) is 4.39. The summed E-state index contributed by atoms with van der Waals surface area (Å²) in [5.41, 5.74) is 3.73. The fraction of sp³-hybridized carbons (Fsp3) is 0.0690. The standard InChI is InChI=1S/C29H21BrN4O8S/c1-41-26-15-18(14-23(30)29(26)42-43(39,40)20-12-10-19(11-13-20)34(37)38)16-31-32-27(35)17-33-24-8-4-2-6-21(24)28(36)22-7-3-5-9-25(22)33/h2-16H,17H2,1H3,(H,32,35)/b31-16-. The van der Waals surface area contributed by atoms with Gasteiger partial charge in [0.1, 0.15) is 11.4 Å². The van der Waals surface area contributed by atoms with Crippen LogP contribution >= 0.6 is 15.9 Å². The minimum absolute atomic E-state index is 0.0406. The Morgan fingerprint density at radius 3 is 2.21 bits per heavy atom. The molecule has 0 radical (unpaired) electrons. The number of carbonyl (C=O) groups excluding carboxylic acids is 1. The predicted octanol–water partition coefficient (Wildman–Crippen LogP) is 4.75. The number of nitro benzene ring substituents is 1. The van der Waals surface area contributed by atoms with Gasteiger partial charge in [0.2, 0.25) is 0 Å². The van der Waals surface area contributed by atoms with Crippen LogP contribution < -0.4 is 19.8 Å². The Balaban J connectivity index is 1.34. The van der Waals surface area contributed by atoms with Gasteiger partial charge in [0.15, 0.2) is 16.9 Å². The normalized spacial score (nSPS) is 11.6. The van der Waals surface area contributed by atoms with Crippen LogP contribution in [0.15, 0.2) is 104 Å². The van der Waals surface area contributed by atoms with Crippen LogP contribution in [-0.2, 0) is 21.5 Å². The second kappa shape index (κ2) is 12.0. The van der Waals surface area contributed by atoms with Crippen molar-refractivity contribution < 1.29 is 27.1 Å². The van der Waals surface area contributed by atoms with Gasteiger partial charge in [-0.1, -0.05) is 24.3 Å². The van der Waals surface area contributed by atoms with Crippen molar-refractivity contribution in [1.29, 1.82) is 0 Å². The zero-order valence-corrected chi connectivity index (χ0v) is 24.7. The Hall–Kier alpha value is -5.08. The lowest BCUT2D eigenvalue weighted by atomic mass is 10.1.